The molecule has 0 amide bonds. The molecule has 1 aromatic rings. The number of nitrogens with two attached hydrogens (primary N) is 1. The van der Waals surface area contributed by atoms with Gasteiger partial charge in [-0.15, -0.1) is 0 Å². The van der Waals surface area contributed by atoms with Crippen molar-refractivity contribution in [1.29, 1.82) is 0 Å². The number of rotatable bonds is 4. The lowest BCUT2D eigenvalue weighted by Gasteiger charge is -2.17. The first-order valence-corrected chi connectivity index (χ1v) is 8.76. The predicted octanol–water partition coefficient (Wildman–Crippen LogP) is 3.00. The first-order chi connectivity index (χ1) is 9.42. The van der Waals surface area contributed by atoms with Crippen LogP contribution < -0.4 is 5.14 Å². The zero-order valence-corrected chi connectivity index (χ0v) is 15.0. The Morgan fingerprint density at radius 2 is 1.90 bits per heavy atom. The van der Waals surface area contributed by atoms with Gasteiger partial charge >= 0.3 is 5.97 Å². The number of hydrogen-bond donors (Lipinski definition) is 1. The van der Waals surface area contributed by atoms with Crippen LogP contribution in [0.3, 0.4) is 0 Å². The molecule has 1 aromatic carbocycles. The number of hydrogen-bond acceptors (Lipinski definition) is 4. The number of aryl methyl sites for hydroxylation is 1. The molecule has 7 heteroatoms. The fraction of sp³-hybridized carbons (Fsp3) is 0.500. The van der Waals surface area contributed by atoms with Crippen molar-refractivity contribution >= 4 is 31.9 Å². The van der Waals surface area contributed by atoms with Gasteiger partial charge in [-0.05, 0) is 52.4 Å². The molecular formula is C14H20BrNO4S. The van der Waals surface area contributed by atoms with Gasteiger partial charge in [0.05, 0.1) is 17.1 Å². The van der Waals surface area contributed by atoms with Gasteiger partial charge in [-0.25, -0.2) is 18.4 Å². The number of carbonyl (C=O) groups excluding carboxylic acids is 1. The van der Waals surface area contributed by atoms with Crippen molar-refractivity contribution in [3.05, 3.63) is 27.7 Å². The Morgan fingerprint density at radius 1 is 1.33 bits per heavy atom. The molecule has 0 bridgehead atoms. The quantitative estimate of drug-likeness (QED) is 0.816. The van der Waals surface area contributed by atoms with Crippen molar-refractivity contribution in [3.63, 3.8) is 0 Å². The zero-order valence-electron chi connectivity index (χ0n) is 12.6. The summed E-state index contributed by atoms with van der Waals surface area (Å²) in [5.74, 6) is -0.556. The molecular weight excluding hydrogens is 358 g/mol. The van der Waals surface area contributed by atoms with Crippen molar-refractivity contribution in [2.24, 2.45) is 10.6 Å². The predicted molar refractivity (Wildman–Crippen MR) is 84.6 cm³/mol. The van der Waals surface area contributed by atoms with Crippen molar-refractivity contribution in [2.45, 2.75) is 39.0 Å². The van der Waals surface area contributed by atoms with E-state index in [4.69, 9.17) is 9.88 Å². The molecule has 0 saturated heterocycles. The first-order valence-electron chi connectivity index (χ1n) is 6.42. The lowest BCUT2D eigenvalue weighted by Crippen LogP contribution is -2.16. The van der Waals surface area contributed by atoms with Gasteiger partial charge in [0.2, 0.25) is 10.0 Å². The molecule has 0 aliphatic heterocycles. The Kier molecular flexibility index (Phi) is 5.57. The second-order valence-electron chi connectivity index (χ2n) is 6.10. The minimum atomic E-state index is -3.91. The molecule has 0 fully saturated rings. The molecule has 0 aliphatic carbocycles. The summed E-state index contributed by atoms with van der Waals surface area (Å²) in [5.41, 5.74) is 0.833. The van der Waals surface area contributed by atoms with E-state index in [-0.39, 0.29) is 22.5 Å². The van der Waals surface area contributed by atoms with Crippen LogP contribution in [0.15, 0.2) is 21.5 Å². The van der Waals surface area contributed by atoms with Crippen molar-refractivity contribution < 1.29 is 17.9 Å². The Bertz CT molecular complexity index is 648. The Hall–Kier alpha value is -0.920. The maximum atomic E-state index is 12.0. The Labute approximate surface area is 134 Å². The van der Waals surface area contributed by atoms with Crippen LogP contribution in [0, 0.1) is 12.3 Å². The van der Waals surface area contributed by atoms with E-state index in [2.05, 4.69) is 15.9 Å². The zero-order chi connectivity index (χ0) is 16.4. The highest BCUT2D eigenvalue weighted by molar-refractivity contribution is 9.10. The van der Waals surface area contributed by atoms with Crippen molar-refractivity contribution in [1.82, 2.24) is 0 Å². The SMILES string of the molecule is Cc1cc(C(=O)OCCC(C)(C)C)cc(S(N)(=O)=O)c1Br. The minimum absolute atomic E-state index is 0.0572. The van der Waals surface area contributed by atoms with E-state index in [1.807, 2.05) is 20.8 Å². The molecule has 118 valence electrons. The second-order valence-corrected chi connectivity index (χ2v) is 8.42. The topological polar surface area (TPSA) is 86.5 Å². The summed E-state index contributed by atoms with van der Waals surface area (Å²) in [7, 11) is -3.91. The molecule has 0 unspecified atom stereocenters. The largest absolute Gasteiger partial charge is 0.462 e. The molecule has 0 aliphatic rings. The summed E-state index contributed by atoms with van der Waals surface area (Å²) in [4.78, 5) is 11.9. The third kappa shape index (κ3) is 5.41. The molecule has 1 rings (SSSR count). The van der Waals surface area contributed by atoms with Gasteiger partial charge in [-0.1, -0.05) is 20.8 Å². The molecule has 0 aromatic heterocycles. The van der Waals surface area contributed by atoms with Crippen LogP contribution in [-0.4, -0.2) is 21.0 Å². The van der Waals surface area contributed by atoms with Crippen molar-refractivity contribution in [2.75, 3.05) is 6.61 Å². The van der Waals surface area contributed by atoms with Gasteiger partial charge in [0, 0.05) is 4.47 Å². The minimum Gasteiger partial charge on any atom is -0.462 e. The van der Waals surface area contributed by atoms with Crippen LogP contribution in [-0.2, 0) is 14.8 Å². The van der Waals surface area contributed by atoms with E-state index in [1.54, 1.807) is 13.0 Å². The number of benzene rings is 1. The summed E-state index contributed by atoms with van der Waals surface area (Å²) >= 11 is 3.17. The normalized spacial score (nSPS) is 12.3. The smallest absolute Gasteiger partial charge is 0.338 e. The van der Waals surface area contributed by atoms with Crippen LogP contribution in [0.25, 0.3) is 0 Å². The van der Waals surface area contributed by atoms with E-state index in [0.29, 0.717) is 10.0 Å². The van der Waals surface area contributed by atoms with Gasteiger partial charge in [0.15, 0.2) is 0 Å². The molecule has 0 radical (unpaired) electrons. The summed E-state index contributed by atoms with van der Waals surface area (Å²) in [5, 5.41) is 5.14. The van der Waals surface area contributed by atoms with Gasteiger partial charge in [-0.3, -0.25) is 0 Å². The number of primary sulfonamides is 1. The standard InChI is InChI=1S/C14H20BrNO4S/c1-9-7-10(8-11(12(9)15)21(16,18)19)13(17)20-6-5-14(2,3)4/h7-8H,5-6H2,1-4H3,(H2,16,18,19). The van der Waals surface area contributed by atoms with Crippen LogP contribution in [0.4, 0.5) is 0 Å². The Balaban J connectivity index is 2.99. The second kappa shape index (κ2) is 6.46. The highest BCUT2D eigenvalue weighted by atomic mass is 79.9. The third-order valence-electron chi connectivity index (χ3n) is 2.85. The molecule has 2 N–H and O–H groups in total. The molecule has 0 spiro atoms. The highest BCUT2D eigenvalue weighted by Gasteiger charge is 2.19. The van der Waals surface area contributed by atoms with Crippen LogP contribution in [0.5, 0.6) is 0 Å². The maximum absolute atomic E-state index is 12.0. The van der Waals surface area contributed by atoms with E-state index < -0.39 is 16.0 Å². The Morgan fingerprint density at radius 3 is 2.38 bits per heavy atom. The average molecular weight is 378 g/mol. The molecule has 0 heterocycles. The van der Waals surface area contributed by atoms with Gasteiger partial charge in [-0.2, -0.15) is 0 Å². The molecule has 5 nitrogen and oxygen atoms in total. The first kappa shape index (κ1) is 18.1. The summed E-state index contributed by atoms with van der Waals surface area (Å²) in [6.45, 7) is 8.10. The summed E-state index contributed by atoms with van der Waals surface area (Å²) < 4.78 is 28.6. The highest BCUT2D eigenvalue weighted by Crippen LogP contribution is 2.27. The van der Waals surface area contributed by atoms with Gasteiger partial charge in [0.25, 0.3) is 0 Å². The summed E-state index contributed by atoms with van der Waals surface area (Å²) in [6, 6.07) is 2.80. The van der Waals surface area contributed by atoms with Gasteiger partial charge < -0.3 is 4.74 Å². The lowest BCUT2D eigenvalue weighted by molar-refractivity contribution is 0.0464. The van der Waals surface area contributed by atoms with E-state index in [9.17, 15) is 13.2 Å². The lowest BCUT2D eigenvalue weighted by atomic mass is 9.93. The summed E-state index contributed by atoms with van der Waals surface area (Å²) in [6.07, 6.45) is 0.719. The van der Waals surface area contributed by atoms with Crippen LogP contribution >= 0.6 is 15.9 Å². The number of sulfonamides is 1. The monoisotopic (exact) mass is 377 g/mol. The van der Waals surface area contributed by atoms with Crippen LogP contribution in [0.1, 0.15) is 43.1 Å². The molecule has 0 saturated carbocycles. The average Bonchev–Trinajstić information content (AvgIpc) is 2.29. The number of ether oxygens (including phenoxy) is 1. The number of carbonyl (C=O) groups is 1. The van der Waals surface area contributed by atoms with Crippen LogP contribution in [0.2, 0.25) is 0 Å². The van der Waals surface area contributed by atoms with Crippen molar-refractivity contribution in [3.8, 4) is 0 Å². The van der Waals surface area contributed by atoms with E-state index in [1.165, 1.54) is 6.07 Å². The molecule has 21 heavy (non-hydrogen) atoms. The van der Waals surface area contributed by atoms with Gasteiger partial charge in [0.1, 0.15) is 0 Å². The fourth-order valence-corrected chi connectivity index (χ4v) is 3.20. The molecule has 0 atom stereocenters. The fourth-order valence-electron chi connectivity index (χ4n) is 1.60. The van der Waals surface area contributed by atoms with E-state index in [0.717, 1.165) is 6.42 Å². The van der Waals surface area contributed by atoms with E-state index >= 15 is 0 Å². The maximum Gasteiger partial charge on any atom is 0.338 e. The number of halogens is 1. The number of esters is 1. The third-order valence-corrected chi connectivity index (χ3v) is 5.10.